The first-order valence-electron chi connectivity index (χ1n) is 12.0. The quantitative estimate of drug-likeness (QED) is 0.327. The lowest BCUT2D eigenvalue weighted by Gasteiger charge is -2.50. The first-order valence-corrected chi connectivity index (χ1v) is 12.0. The van der Waals surface area contributed by atoms with E-state index in [-0.39, 0.29) is 23.6 Å². The van der Waals surface area contributed by atoms with Crippen LogP contribution in [0.4, 0.5) is 17.6 Å². The number of nitrogens with zero attached hydrogens (tertiary/aromatic N) is 3. The van der Waals surface area contributed by atoms with Gasteiger partial charge in [-0.25, -0.2) is 14.1 Å². The van der Waals surface area contributed by atoms with E-state index >= 15 is 0 Å². The van der Waals surface area contributed by atoms with E-state index in [9.17, 15) is 17.6 Å². The molecule has 1 aromatic carbocycles. The van der Waals surface area contributed by atoms with Crippen LogP contribution in [0.15, 0.2) is 53.9 Å². The average Bonchev–Trinajstić information content (AvgIpc) is 3.42. The minimum atomic E-state index is -4.29. The summed E-state index contributed by atoms with van der Waals surface area (Å²) in [4.78, 5) is 7.48. The zero-order valence-corrected chi connectivity index (χ0v) is 19.5. The number of allylic oxidation sites excluding steroid dienone is 3. The first kappa shape index (κ1) is 22.3. The molecule has 0 spiro atoms. The number of aromatic nitrogens is 4. The van der Waals surface area contributed by atoms with Crippen LogP contribution >= 0.6 is 0 Å². The molecule has 8 heteroatoms. The molecule has 3 aromatic rings. The number of rotatable bonds is 2. The predicted octanol–water partition coefficient (Wildman–Crippen LogP) is 6.69. The van der Waals surface area contributed by atoms with Crippen molar-refractivity contribution in [2.75, 3.05) is 0 Å². The van der Waals surface area contributed by atoms with Crippen LogP contribution in [-0.4, -0.2) is 25.9 Å². The summed E-state index contributed by atoms with van der Waals surface area (Å²) in [5, 5.41) is 4.57. The number of aromatic amines is 1. The Hall–Kier alpha value is -3.16. The van der Waals surface area contributed by atoms with E-state index in [4.69, 9.17) is 0 Å². The third-order valence-electron chi connectivity index (χ3n) is 8.20. The van der Waals surface area contributed by atoms with Crippen molar-refractivity contribution in [3.05, 3.63) is 82.5 Å². The molecule has 0 aliphatic heterocycles. The molecule has 0 saturated heterocycles. The molecule has 182 valence electrons. The third-order valence-corrected chi connectivity index (χ3v) is 8.20. The van der Waals surface area contributed by atoms with Crippen LogP contribution in [0, 0.1) is 30.0 Å². The number of hydrogen-bond donors (Lipinski definition) is 1. The van der Waals surface area contributed by atoms with Gasteiger partial charge in [-0.3, -0.25) is 0 Å². The monoisotopic (exact) mass is 482 g/mol. The summed E-state index contributed by atoms with van der Waals surface area (Å²) in [6.45, 7) is 3.98. The van der Waals surface area contributed by atoms with Crippen LogP contribution in [0.1, 0.15) is 54.9 Å². The summed E-state index contributed by atoms with van der Waals surface area (Å²) in [7, 11) is 0. The second-order valence-corrected chi connectivity index (χ2v) is 10.3. The molecule has 6 rings (SSSR count). The van der Waals surface area contributed by atoms with Gasteiger partial charge in [0.05, 0.1) is 23.5 Å². The van der Waals surface area contributed by atoms with Gasteiger partial charge in [0.15, 0.2) is 0 Å². The van der Waals surface area contributed by atoms with Gasteiger partial charge in [-0.1, -0.05) is 24.1 Å². The lowest BCUT2D eigenvalue weighted by molar-refractivity contribution is -0.186. The minimum Gasteiger partial charge on any atom is -0.346 e. The van der Waals surface area contributed by atoms with Crippen molar-refractivity contribution >= 4 is 6.08 Å². The van der Waals surface area contributed by atoms with E-state index in [1.165, 1.54) is 17.7 Å². The zero-order chi connectivity index (χ0) is 24.5. The topological polar surface area (TPSA) is 46.5 Å². The number of halogens is 4. The van der Waals surface area contributed by atoms with Gasteiger partial charge in [0.25, 0.3) is 0 Å². The number of fused-ring (bicyclic) bond motifs is 4. The molecule has 3 aliphatic carbocycles. The Labute approximate surface area is 200 Å². The fraction of sp³-hybridized carbons (Fsp3) is 0.407. The van der Waals surface area contributed by atoms with Gasteiger partial charge in [0, 0.05) is 23.2 Å². The van der Waals surface area contributed by atoms with Crippen molar-refractivity contribution in [1.29, 1.82) is 0 Å². The van der Waals surface area contributed by atoms with Gasteiger partial charge in [0.2, 0.25) is 0 Å². The minimum absolute atomic E-state index is 0.0374. The van der Waals surface area contributed by atoms with E-state index in [2.05, 4.69) is 28.1 Å². The fourth-order valence-electron chi connectivity index (χ4n) is 6.55. The molecule has 35 heavy (non-hydrogen) atoms. The third kappa shape index (κ3) is 3.48. The van der Waals surface area contributed by atoms with E-state index in [0.717, 1.165) is 28.2 Å². The highest BCUT2D eigenvalue weighted by Gasteiger charge is 2.55. The lowest BCUT2D eigenvalue weighted by Crippen LogP contribution is -2.44. The zero-order valence-electron chi connectivity index (χ0n) is 19.5. The predicted molar refractivity (Wildman–Crippen MR) is 124 cm³/mol. The Morgan fingerprint density at radius 2 is 1.91 bits per heavy atom. The summed E-state index contributed by atoms with van der Waals surface area (Å²) in [5.41, 5.74) is 5.51. The van der Waals surface area contributed by atoms with Gasteiger partial charge in [-0.15, -0.1) is 0 Å². The molecule has 1 fully saturated rings. The van der Waals surface area contributed by atoms with Crippen LogP contribution in [0.25, 0.3) is 11.8 Å². The van der Waals surface area contributed by atoms with Crippen LogP contribution in [0.5, 0.6) is 0 Å². The number of aryl methyl sites for hydroxylation is 1. The van der Waals surface area contributed by atoms with E-state index in [1.54, 1.807) is 18.3 Å². The SMILES string of the molecule is Cc1cnc([C@@H]2C3CCC4=Cc5c(cnn5-c5ccc(F)cc5)C[C@]4(C)C3=CC[C@H]2C(F)(F)F)[nH]1. The smallest absolute Gasteiger partial charge is 0.346 e. The number of alkyl halides is 3. The molecule has 3 aliphatic rings. The summed E-state index contributed by atoms with van der Waals surface area (Å²) in [6, 6.07) is 6.22. The Morgan fingerprint density at radius 3 is 2.60 bits per heavy atom. The van der Waals surface area contributed by atoms with Crippen molar-refractivity contribution in [1.82, 2.24) is 19.7 Å². The second-order valence-electron chi connectivity index (χ2n) is 10.3. The normalized spacial score (nSPS) is 28.0. The number of nitrogens with one attached hydrogen (secondary N) is 1. The molecule has 0 radical (unpaired) electrons. The molecule has 2 aromatic heterocycles. The first-order chi connectivity index (χ1) is 16.6. The Balaban J connectivity index is 1.41. The van der Waals surface area contributed by atoms with Crippen molar-refractivity contribution in [2.24, 2.45) is 17.3 Å². The maximum absolute atomic E-state index is 14.1. The van der Waals surface area contributed by atoms with Crippen LogP contribution < -0.4 is 0 Å². The molecular weight excluding hydrogens is 456 g/mol. The van der Waals surface area contributed by atoms with Gasteiger partial charge in [0.1, 0.15) is 11.6 Å². The molecule has 0 bridgehead atoms. The number of hydrogen-bond acceptors (Lipinski definition) is 2. The van der Waals surface area contributed by atoms with Gasteiger partial charge in [-0.05, 0) is 74.4 Å². The molecule has 0 amide bonds. The van der Waals surface area contributed by atoms with Crippen LogP contribution in [0.3, 0.4) is 0 Å². The van der Waals surface area contributed by atoms with E-state index in [1.807, 2.05) is 23.9 Å². The van der Waals surface area contributed by atoms with Crippen molar-refractivity contribution in [3.8, 4) is 5.69 Å². The molecule has 4 atom stereocenters. The van der Waals surface area contributed by atoms with Crippen molar-refractivity contribution in [2.45, 2.75) is 51.6 Å². The lowest BCUT2D eigenvalue weighted by atomic mass is 9.54. The Morgan fingerprint density at radius 1 is 1.14 bits per heavy atom. The van der Waals surface area contributed by atoms with E-state index in [0.29, 0.717) is 25.1 Å². The van der Waals surface area contributed by atoms with Crippen LogP contribution in [-0.2, 0) is 6.42 Å². The summed E-state index contributed by atoms with van der Waals surface area (Å²) < 4.78 is 57.7. The Kier molecular flexibility index (Phi) is 4.89. The number of imidazole rings is 1. The summed E-state index contributed by atoms with van der Waals surface area (Å²) in [5.74, 6) is -2.25. The summed E-state index contributed by atoms with van der Waals surface area (Å²) in [6.07, 6.45) is 5.16. The highest BCUT2D eigenvalue weighted by atomic mass is 19.4. The van der Waals surface area contributed by atoms with Crippen molar-refractivity contribution < 1.29 is 17.6 Å². The fourth-order valence-corrected chi connectivity index (χ4v) is 6.55. The standard InChI is InChI=1S/C27H26F4N4/c1-15-13-32-25(34-15)24-20-8-3-17-11-23-16(14-33-35(23)19-6-4-18(28)5-7-19)12-26(17,2)21(20)9-10-22(24)27(29,30)31/h4-7,9,11,13-14,20,22,24H,3,8,10,12H2,1-2H3,(H,32,34)/t20?,22-,24-,26+/m1/s1. The van der Waals surface area contributed by atoms with Gasteiger partial charge in [-0.2, -0.15) is 18.3 Å². The molecule has 1 N–H and O–H groups in total. The van der Waals surface area contributed by atoms with E-state index < -0.39 is 18.0 Å². The molecule has 1 unspecified atom stereocenters. The number of benzene rings is 1. The molecule has 4 nitrogen and oxygen atoms in total. The highest BCUT2D eigenvalue weighted by Crippen LogP contribution is 2.60. The average molecular weight is 483 g/mol. The second kappa shape index (κ2) is 7.67. The maximum atomic E-state index is 14.1. The van der Waals surface area contributed by atoms with Crippen LogP contribution in [0.2, 0.25) is 0 Å². The number of H-pyrrole nitrogens is 1. The highest BCUT2D eigenvalue weighted by molar-refractivity contribution is 5.64. The summed E-state index contributed by atoms with van der Waals surface area (Å²) >= 11 is 0. The van der Waals surface area contributed by atoms with Gasteiger partial charge < -0.3 is 4.98 Å². The Bertz CT molecular complexity index is 1340. The maximum Gasteiger partial charge on any atom is 0.392 e. The molecule has 2 heterocycles. The van der Waals surface area contributed by atoms with Crippen molar-refractivity contribution in [3.63, 3.8) is 0 Å². The molecular formula is C27H26F4N4. The largest absolute Gasteiger partial charge is 0.392 e. The molecule has 1 saturated carbocycles. The van der Waals surface area contributed by atoms with Gasteiger partial charge >= 0.3 is 6.18 Å².